The lowest BCUT2D eigenvalue weighted by molar-refractivity contribution is -0.209. The first-order valence-corrected chi connectivity index (χ1v) is 10.3. The molecule has 2 aromatic carbocycles. The number of allylic oxidation sites excluding steroid dienone is 1. The number of hydrogen-bond donors (Lipinski definition) is 0. The largest absolute Gasteiger partial charge is 0.596 e. The summed E-state index contributed by atoms with van der Waals surface area (Å²) in [7, 11) is -3.96. The Morgan fingerprint density at radius 1 is 1.12 bits per heavy atom. The Kier molecular flexibility index (Phi) is 5.82. The van der Waals surface area contributed by atoms with Crippen molar-refractivity contribution in [2.75, 3.05) is 10.6 Å². The summed E-state index contributed by atoms with van der Waals surface area (Å²) in [6.07, 6.45) is 1.07. The van der Waals surface area contributed by atoms with Crippen molar-refractivity contribution in [3.63, 3.8) is 0 Å². The number of benzene rings is 2. The lowest BCUT2D eigenvalue weighted by Crippen LogP contribution is -2.44. The average Bonchev–Trinajstić information content (AvgIpc) is 2.63. The number of nitrogens with zero attached hydrogens (tertiary/aromatic N) is 1. The van der Waals surface area contributed by atoms with Gasteiger partial charge in [0.25, 0.3) is 5.91 Å². The minimum absolute atomic E-state index is 0.312. The second kappa shape index (κ2) is 8.09. The zero-order valence-corrected chi connectivity index (χ0v) is 16.0. The van der Waals surface area contributed by atoms with Gasteiger partial charge in [0.05, 0.1) is 11.3 Å². The van der Waals surface area contributed by atoms with E-state index in [9.17, 15) is 9.69 Å². The minimum Gasteiger partial charge on any atom is -0.596 e. The van der Waals surface area contributed by atoms with Gasteiger partial charge in [-0.3, -0.25) is 13.8 Å². The van der Waals surface area contributed by atoms with Crippen LogP contribution in [-0.4, -0.2) is 11.8 Å². The number of carbonyl (C=O) groups excluding carboxylic acids is 1. The Hall–Kier alpha value is -2.07. The smallest absolute Gasteiger partial charge is 0.441 e. The van der Waals surface area contributed by atoms with Crippen molar-refractivity contribution in [3.8, 4) is 5.75 Å². The van der Waals surface area contributed by atoms with Crippen LogP contribution in [0.15, 0.2) is 72.0 Å². The highest BCUT2D eigenvalue weighted by molar-refractivity contribution is 7.62. The van der Waals surface area contributed by atoms with Crippen molar-refractivity contribution >= 4 is 31.3 Å². The molecule has 1 aliphatic heterocycles. The molecule has 7 heteroatoms. The van der Waals surface area contributed by atoms with E-state index in [1.807, 2.05) is 12.1 Å². The number of para-hydroxylation sites is 2. The van der Waals surface area contributed by atoms with Gasteiger partial charge in [-0.05, 0) is 44.0 Å². The monoisotopic (exact) mass is 391 g/mol. The van der Waals surface area contributed by atoms with Crippen molar-refractivity contribution in [1.29, 1.82) is 0 Å². The van der Waals surface area contributed by atoms with Crippen molar-refractivity contribution in [1.82, 2.24) is 0 Å². The number of rotatable bonds is 6. The highest BCUT2D eigenvalue weighted by Gasteiger charge is 2.52. The molecule has 0 saturated heterocycles. The zero-order valence-electron chi connectivity index (χ0n) is 14.3. The number of anilines is 1. The summed E-state index contributed by atoms with van der Waals surface area (Å²) in [5, 5.41) is 0. The fourth-order valence-corrected chi connectivity index (χ4v) is 4.63. The summed E-state index contributed by atoms with van der Waals surface area (Å²) in [6, 6.07) is 17.4. The number of halogens is 1. The molecule has 1 amide bonds. The fraction of sp³-hybridized carbons (Fsp3) is 0.211. The quantitative estimate of drug-likeness (QED) is 0.538. The van der Waals surface area contributed by atoms with Gasteiger partial charge >= 0.3 is 8.09 Å². The molecule has 0 fully saturated rings. The van der Waals surface area contributed by atoms with Gasteiger partial charge < -0.3 is 4.89 Å². The molecule has 5 nitrogen and oxygen atoms in total. The van der Waals surface area contributed by atoms with Crippen LogP contribution in [0.5, 0.6) is 5.75 Å². The molecule has 26 heavy (non-hydrogen) atoms. The maximum atomic E-state index is 13.6. The second-order valence-corrected chi connectivity index (χ2v) is 7.82. The van der Waals surface area contributed by atoms with E-state index in [1.165, 1.54) is 0 Å². The van der Waals surface area contributed by atoms with Crippen LogP contribution < -0.4 is 14.1 Å². The topological polar surface area (TPSA) is 61.8 Å². The molecule has 3 rings (SSSR count). The Morgan fingerprint density at radius 2 is 1.73 bits per heavy atom. The summed E-state index contributed by atoms with van der Waals surface area (Å²) in [5.74, 6) is 0.713. The van der Waals surface area contributed by atoms with E-state index in [0.29, 0.717) is 41.5 Å². The molecule has 1 unspecified atom stereocenters. The molecule has 1 aliphatic rings. The maximum absolute atomic E-state index is 13.6. The first-order valence-electron chi connectivity index (χ1n) is 8.25. The first kappa shape index (κ1) is 18.7. The van der Waals surface area contributed by atoms with Gasteiger partial charge in [0, 0.05) is 5.88 Å². The molecule has 0 aromatic heterocycles. The lowest BCUT2D eigenvalue weighted by atomic mass is 10.1. The first-order chi connectivity index (χ1) is 12.5. The van der Waals surface area contributed by atoms with Crippen LogP contribution >= 0.6 is 19.7 Å². The van der Waals surface area contributed by atoms with E-state index in [2.05, 4.69) is 0 Å². The van der Waals surface area contributed by atoms with Gasteiger partial charge in [0.1, 0.15) is 0 Å². The van der Waals surface area contributed by atoms with Crippen molar-refractivity contribution in [3.05, 3.63) is 72.0 Å². The highest BCUT2D eigenvalue weighted by atomic mass is 35.5. The van der Waals surface area contributed by atoms with Gasteiger partial charge in [-0.25, -0.2) is 0 Å². The Morgan fingerprint density at radius 3 is 2.35 bits per heavy atom. The summed E-state index contributed by atoms with van der Waals surface area (Å²) < 4.78 is 12.5. The van der Waals surface area contributed by atoms with Crippen LogP contribution in [0.25, 0.3) is 0 Å². The average molecular weight is 392 g/mol. The highest BCUT2D eigenvalue weighted by Crippen LogP contribution is 2.62. The fourth-order valence-electron chi connectivity index (χ4n) is 2.69. The second-order valence-electron chi connectivity index (χ2n) is 5.74. The summed E-state index contributed by atoms with van der Waals surface area (Å²) in [4.78, 5) is 26.7. The minimum atomic E-state index is -3.96. The number of hydrogen-bond acceptors (Lipinski definition) is 4. The molecule has 0 N–H and O–H groups in total. The van der Waals surface area contributed by atoms with Gasteiger partial charge in [0.15, 0.2) is 11.5 Å². The molecule has 1 heterocycles. The van der Waals surface area contributed by atoms with Crippen molar-refractivity contribution in [2.24, 2.45) is 0 Å². The zero-order chi connectivity index (χ0) is 18.6. The Labute approximate surface area is 158 Å². The number of amides is 1. The summed E-state index contributed by atoms with van der Waals surface area (Å²) in [6.45, 7) is 1.63. The third-order valence-corrected chi connectivity index (χ3v) is 6.01. The Bertz CT molecular complexity index is 800. The Balaban J connectivity index is 2.03. The van der Waals surface area contributed by atoms with E-state index in [1.54, 1.807) is 55.5 Å². The lowest BCUT2D eigenvalue weighted by Gasteiger charge is -2.38. The van der Waals surface area contributed by atoms with Crippen LogP contribution in [0.4, 0.5) is 5.69 Å². The molecule has 2 aromatic rings. The predicted molar refractivity (Wildman–Crippen MR) is 102 cm³/mol. The molecule has 0 spiro atoms. The van der Waals surface area contributed by atoms with Crippen LogP contribution in [0.2, 0.25) is 0 Å². The van der Waals surface area contributed by atoms with Crippen molar-refractivity contribution in [2.45, 2.75) is 19.8 Å². The summed E-state index contributed by atoms with van der Waals surface area (Å²) in [5.41, 5.74) is 0.908. The molecule has 0 radical (unpaired) electrons. The van der Waals surface area contributed by atoms with Gasteiger partial charge in [0.2, 0.25) is 0 Å². The summed E-state index contributed by atoms with van der Waals surface area (Å²) >= 11 is 5.77. The maximum Gasteiger partial charge on any atom is 0.441 e. The predicted octanol–water partition coefficient (Wildman–Crippen LogP) is 4.46. The standard InChI is InChI=1S/C19H19ClNO4P/c1-15-18(13-8-14-20)19(22)21(16-9-4-2-5-10-16)26(23,24-15)25-17-11-6-3-7-12-17/h2-7,9-12H,8,13-14H2,1H3. The van der Waals surface area contributed by atoms with E-state index >= 15 is 0 Å². The van der Waals surface area contributed by atoms with Gasteiger partial charge in [-0.1, -0.05) is 36.4 Å². The van der Waals surface area contributed by atoms with Crippen LogP contribution in [0.3, 0.4) is 0 Å². The molecule has 136 valence electrons. The molecular formula is C19H19ClNO4P. The normalized spacial score (nSPS) is 20.1. The van der Waals surface area contributed by atoms with Crippen LogP contribution in [0, 0.1) is 0 Å². The van der Waals surface area contributed by atoms with E-state index < -0.39 is 8.09 Å². The van der Waals surface area contributed by atoms with E-state index in [-0.39, 0.29) is 5.91 Å². The molecule has 0 aliphatic carbocycles. The van der Waals surface area contributed by atoms with Crippen molar-refractivity contribution < 1.29 is 18.7 Å². The third-order valence-electron chi connectivity index (χ3n) is 3.90. The van der Waals surface area contributed by atoms with Crippen LogP contribution in [-0.2, 0) is 9.32 Å². The van der Waals surface area contributed by atoms with E-state index in [0.717, 1.165) is 4.67 Å². The SMILES string of the molecule is CC1=C(CCCCl)C(=O)N(c2ccccc2)[P+]([O-])(Oc2ccccc2)O1. The van der Waals surface area contributed by atoms with E-state index in [4.69, 9.17) is 20.6 Å². The van der Waals surface area contributed by atoms with Crippen LogP contribution in [0.1, 0.15) is 19.8 Å². The number of carbonyl (C=O) groups is 1. The molecular weight excluding hydrogens is 373 g/mol. The molecule has 0 saturated carbocycles. The molecule has 0 bridgehead atoms. The molecule has 1 atom stereocenters. The van der Waals surface area contributed by atoms with Gasteiger partial charge in [-0.15, -0.1) is 16.3 Å². The number of alkyl halides is 1. The third kappa shape index (κ3) is 3.85. The van der Waals surface area contributed by atoms with Gasteiger partial charge in [-0.2, -0.15) is 0 Å².